The number of benzene rings is 2. The van der Waals surface area contributed by atoms with Crippen molar-refractivity contribution in [2.45, 2.75) is 39.0 Å². The molecule has 1 saturated heterocycles. The van der Waals surface area contributed by atoms with Crippen LogP contribution in [0.5, 0.6) is 0 Å². The van der Waals surface area contributed by atoms with Crippen LogP contribution in [0.2, 0.25) is 0 Å². The smallest absolute Gasteiger partial charge is 0.227 e. The highest BCUT2D eigenvalue weighted by Gasteiger charge is 2.23. The third-order valence-electron chi connectivity index (χ3n) is 5.80. The minimum Gasteiger partial charge on any atom is -0.464 e. The Hall–Kier alpha value is -2.55. The Labute approximate surface area is 161 Å². The zero-order valence-corrected chi connectivity index (χ0v) is 16.0. The van der Waals surface area contributed by atoms with Gasteiger partial charge in [-0.2, -0.15) is 0 Å². The van der Waals surface area contributed by atoms with Crippen molar-refractivity contribution in [1.82, 2.24) is 4.90 Å². The number of aryl methyl sites for hydroxylation is 1. The minimum atomic E-state index is 0.220. The van der Waals surface area contributed by atoms with Gasteiger partial charge in [-0.3, -0.25) is 4.79 Å². The molecule has 0 spiro atoms. The highest BCUT2D eigenvalue weighted by atomic mass is 16.3. The van der Waals surface area contributed by atoms with E-state index >= 15 is 0 Å². The van der Waals surface area contributed by atoms with Crippen molar-refractivity contribution in [3.05, 3.63) is 71.5 Å². The van der Waals surface area contributed by atoms with Gasteiger partial charge in [0.2, 0.25) is 5.91 Å². The molecule has 1 aromatic heterocycles. The van der Waals surface area contributed by atoms with E-state index in [0.717, 1.165) is 55.3 Å². The molecule has 0 saturated carbocycles. The molecular formula is C24H27NO2. The maximum absolute atomic E-state index is 12.8. The normalized spacial score (nSPS) is 15.4. The van der Waals surface area contributed by atoms with E-state index in [9.17, 15) is 4.79 Å². The average molecular weight is 361 g/mol. The maximum Gasteiger partial charge on any atom is 0.227 e. The van der Waals surface area contributed by atoms with Gasteiger partial charge in [-0.1, -0.05) is 43.3 Å². The standard InChI is InChI=1S/C24H27NO2/c1-2-18-8-9-23-22(15-18)21(17-27-23)16-24(26)25-12-10-20(11-13-25)14-19-6-4-3-5-7-19/h3-9,15,17,20H,2,10-14,16H2,1H3. The molecule has 4 rings (SSSR count). The van der Waals surface area contributed by atoms with Crippen molar-refractivity contribution >= 4 is 16.9 Å². The fourth-order valence-corrected chi connectivity index (χ4v) is 4.09. The lowest BCUT2D eigenvalue weighted by atomic mass is 9.90. The van der Waals surface area contributed by atoms with Crippen molar-refractivity contribution in [3.63, 3.8) is 0 Å². The number of likely N-dealkylation sites (tertiary alicyclic amines) is 1. The van der Waals surface area contributed by atoms with Crippen LogP contribution in [0, 0.1) is 5.92 Å². The Morgan fingerprint density at radius 2 is 1.85 bits per heavy atom. The first kappa shape index (κ1) is 17.8. The van der Waals surface area contributed by atoms with Gasteiger partial charge >= 0.3 is 0 Å². The molecule has 3 aromatic rings. The second-order valence-corrected chi connectivity index (χ2v) is 7.64. The topological polar surface area (TPSA) is 33.5 Å². The molecule has 0 unspecified atom stereocenters. The molecule has 2 heterocycles. The lowest BCUT2D eigenvalue weighted by Crippen LogP contribution is -2.39. The number of carbonyl (C=O) groups excluding carboxylic acids is 1. The molecule has 140 valence electrons. The monoisotopic (exact) mass is 361 g/mol. The number of rotatable bonds is 5. The van der Waals surface area contributed by atoms with Crippen LogP contribution in [0.25, 0.3) is 11.0 Å². The predicted molar refractivity (Wildman–Crippen MR) is 109 cm³/mol. The quantitative estimate of drug-likeness (QED) is 0.639. The van der Waals surface area contributed by atoms with E-state index in [4.69, 9.17) is 4.42 Å². The number of hydrogen-bond acceptors (Lipinski definition) is 2. The highest BCUT2D eigenvalue weighted by Crippen LogP contribution is 2.26. The van der Waals surface area contributed by atoms with Gasteiger partial charge in [-0.05, 0) is 54.9 Å². The van der Waals surface area contributed by atoms with Crippen LogP contribution in [0.1, 0.15) is 36.5 Å². The molecule has 0 atom stereocenters. The molecule has 0 aliphatic carbocycles. The zero-order chi connectivity index (χ0) is 18.6. The third-order valence-corrected chi connectivity index (χ3v) is 5.80. The van der Waals surface area contributed by atoms with E-state index in [1.54, 1.807) is 6.26 Å². The molecule has 0 bridgehead atoms. The lowest BCUT2D eigenvalue weighted by molar-refractivity contribution is -0.131. The Bertz CT molecular complexity index is 905. The summed E-state index contributed by atoms with van der Waals surface area (Å²) in [5.41, 5.74) is 4.56. The third kappa shape index (κ3) is 4.08. The van der Waals surface area contributed by atoms with Crippen LogP contribution in [0.3, 0.4) is 0 Å². The molecule has 3 nitrogen and oxygen atoms in total. The number of furan rings is 1. The number of fused-ring (bicyclic) bond motifs is 1. The Morgan fingerprint density at radius 1 is 1.07 bits per heavy atom. The molecule has 0 N–H and O–H groups in total. The van der Waals surface area contributed by atoms with Crippen molar-refractivity contribution in [2.24, 2.45) is 5.92 Å². The van der Waals surface area contributed by atoms with Gasteiger partial charge in [0.25, 0.3) is 0 Å². The van der Waals surface area contributed by atoms with Crippen molar-refractivity contribution in [3.8, 4) is 0 Å². The van der Waals surface area contributed by atoms with E-state index in [1.165, 1.54) is 11.1 Å². The van der Waals surface area contributed by atoms with E-state index in [1.807, 2.05) is 11.0 Å². The first-order valence-electron chi connectivity index (χ1n) is 10.0. The summed E-state index contributed by atoms with van der Waals surface area (Å²) >= 11 is 0. The summed E-state index contributed by atoms with van der Waals surface area (Å²) in [5, 5.41) is 1.08. The van der Waals surface area contributed by atoms with Crippen LogP contribution >= 0.6 is 0 Å². The van der Waals surface area contributed by atoms with Crippen molar-refractivity contribution < 1.29 is 9.21 Å². The number of carbonyl (C=O) groups is 1. The number of nitrogens with zero attached hydrogens (tertiary/aromatic N) is 1. The van der Waals surface area contributed by atoms with Gasteiger partial charge in [0.05, 0.1) is 12.7 Å². The number of amides is 1. The molecule has 27 heavy (non-hydrogen) atoms. The first-order valence-corrected chi connectivity index (χ1v) is 10.0. The second-order valence-electron chi connectivity index (χ2n) is 7.64. The lowest BCUT2D eigenvalue weighted by Gasteiger charge is -2.32. The van der Waals surface area contributed by atoms with Gasteiger partial charge in [-0.15, -0.1) is 0 Å². The van der Waals surface area contributed by atoms with Crippen LogP contribution in [0.4, 0.5) is 0 Å². The van der Waals surface area contributed by atoms with Crippen LogP contribution < -0.4 is 0 Å². The SMILES string of the molecule is CCc1ccc2occ(CC(=O)N3CCC(Cc4ccccc4)CC3)c2c1. The summed E-state index contributed by atoms with van der Waals surface area (Å²) in [6, 6.07) is 16.9. The molecule has 1 amide bonds. The van der Waals surface area contributed by atoms with E-state index < -0.39 is 0 Å². The number of hydrogen-bond donors (Lipinski definition) is 0. The summed E-state index contributed by atoms with van der Waals surface area (Å²) in [6.45, 7) is 3.88. The van der Waals surface area contributed by atoms with E-state index in [-0.39, 0.29) is 5.91 Å². The first-order chi connectivity index (χ1) is 13.2. The Morgan fingerprint density at radius 3 is 2.59 bits per heavy atom. The molecule has 1 aliphatic rings. The predicted octanol–water partition coefficient (Wildman–Crippen LogP) is 5.02. The molecule has 0 radical (unpaired) electrons. The Kier molecular flexibility index (Phi) is 5.28. The molecule has 1 fully saturated rings. The van der Waals surface area contributed by atoms with Crippen molar-refractivity contribution in [1.29, 1.82) is 0 Å². The van der Waals surface area contributed by atoms with Crippen LogP contribution in [-0.2, 0) is 24.1 Å². The molecule has 1 aliphatic heterocycles. The highest BCUT2D eigenvalue weighted by molar-refractivity contribution is 5.88. The molecular weight excluding hydrogens is 334 g/mol. The summed E-state index contributed by atoms with van der Waals surface area (Å²) in [7, 11) is 0. The second kappa shape index (κ2) is 7.99. The van der Waals surface area contributed by atoms with Gasteiger partial charge in [0.1, 0.15) is 5.58 Å². The summed E-state index contributed by atoms with van der Waals surface area (Å²) in [5.74, 6) is 0.899. The summed E-state index contributed by atoms with van der Waals surface area (Å²) in [6.07, 6.45) is 6.48. The molecule has 3 heteroatoms. The summed E-state index contributed by atoms with van der Waals surface area (Å²) in [4.78, 5) is 14.8. The fraction of sp³-hybridized carbons (Fsp3) is 0.375. The van der Waals surface area contributed by atoms with Gasteiger partial charge < -0.3 is 9.32 Å². The van der Waals surface area contributed by atoms with Gasteiger partial charge in [-0.25, -0.2) is 0 Å². The zero-order valence-electron chi connectivity index (χ0n) is 16.0. The van der Waals surface area contributed by atoms with Gasteiger partial charge in [0.15, 0.2) is 0 Å². The Balaban J connectivity index is 1.36. The molecule has 2 aromatic carbocycles. The van der Waals surface area contributed by atoms with Crippen LogP contribution in [-0.4, -0.2) is 23.9 Å². The fourth-order valence-electron chi connectivity index (χ4n) is 4.09. The van der Waals surface area contributed by atoms with E-state index in [0.29, 0.717) is 12.3 Å². The maximum atomic E-state index is 12.8. The van der Waals surface area contributed by atoms with Gasteiger partial charge in [0, 0.05) is 24.0 Å². The largest absolute Gasteiger partial charge is 0.464 e. The number of piperidine rings is 1. The van der Waals surface area contributed by atoms with Crippen molar-refractivity contribution in [2.75, 3.05) is 13.1 Å². The van der Waals surface area contributed by atoms with Crippen LogP contribution in [0.15, 0.2) is 59.2 Å². The minimum absolute atomic E-state index is 0.220. The van der Waals surface area contributed by atoms with E-state index in [2.05, 4.69) is 49.4 Å². The average Bonchev–Trinajstić information content (AvgIpc) is 3.11. The summed E-state index contributed by atoms with van der Waals surface area (Å²) < 4.78 is 5.65.